The monoisotopic (exact) mass is 297 g/mol. The summed E-state index contributed by atoms with van der Waals surface area (Å²) in [6, 6.07) is 6.47. The van der Waals surface area contributed by atoms with Crippen LogP contribution in [0, 0.1) is 0 Å². The number of aryl methyl sites for hydroxylation is 1. The molecule has 1 aromatic rings. The van der Waals surface area contributed by atoms with Crippen molar-refractivity contribution in [1.29, 1.82) is 0 Å². The van der Waals surface area contributed by atoms with E-state index in [1.165, 1.54) is 11.1 Å². The van der Waals surface area contributed by atoms with Crippen molar-refractivity contribution >= 4 is 15.9 Å². The van der Waals surface area contributed by atoms with Gasteiger partial charge in [0.1, 0.15) is 0 Å². The summed E-state index contributed by atoms with van der Waals surface area (Å²) in [6.45, 7) is 3.36. The van der Waals surface area contributed by atoms with Crippen molar-refractivity contribution in [1.82, 2.24) is 5.32 Å². The fourth-order valence-electron chi connectivity index (χ4n) is 2.56. The lowest BCUT2D eigenvalue weighted by Gasteiger charge is -2.38. The maximum absolute atomic E-state index is 9.68. The zero-order valence-electron chi connectivity index (χ0n) is 10.3. The number of hydrogen-bond donors (Lipinski definition) is 2. The van der Waals surface area contributed by atoms with Crippen LogP contribution in [0.3, 0.4) is 0 Å². The Morgan fingerprint density at radius 3 is 2.94 bits per heavy atom. The molecule has 0 aromatic heterocycles. The van der Waals surface area contributed by atoms with E-state index in [0.717, 1.165) is 36.7 Å². The second kappa shape index (κ2) is 5.51. The highest BCUT2D eigenvalue weighted by atomic mass is 79.9. The molecule has 0 saturated heterocycles. The standard InChI is InChI=1S/C14H20BrNO/c1-2-7-16-14(10-17)6-5-11-8-13(15)4-3-12(11)9-14/h3-4,8,16-17H,2,5-7,9-10H2,1H3. The SMILES string of the molecule is CCCNC1(CO)CCc2cc(Br)ccc2C1. The van der Waals surface area contributed by atoms with E-state index in [0.29, 0.717) is 0 Å². The molecule has 94 valence electrons. The molecule has 0 spiro atoms. The van der Waals surface area contributed by atoms with Crippen molar-refractivity contribution in [2.75, 3.05) is 13.2 Å². The van der Waals surface area contributed by atoms with Gasteiger partial charge in [0.15, 0.2) is 0 Å². The van der Waals surface area contributed by atoms with Crippen molar-refractivity contribution in [3.63, 3.8) is 0 Å². The summed E-state index contributed by atoms with van der Waals surface area (Å²) in [7, 11) is 0. The Balaban J connectivity index is 2.18. The summed E-state index contributed by atoms with van der Waals surface area (Å²) in [5.74, 6) is 0. The number of benzene rings is 1. The molecule has 3 heteroatoms. The van der Waals surface area contributed by atoms with Crippen LogP contribution in [0.25, 0.3) is 0 Å². The van der Waals surface area contributed by atoms with Gasteiger partial charge in [-0.15, -0.1) is 0 Å². The van der Waals surface area contributed by atoms with Crippen LogP contribution in [0.4, 0.5) is 0 Å². The molecule has 0 bridgehead atoms. The highest BCUT2D eigenvalue weighted by Crippen LogP contribution is 2.30. The van der Waals surface area contributed by atoms with E-state index in [9.17, 15) is 5.11 Å². The molecule has 1 atom stereocenters. The van der Waals surface area contributed by atoms with Gasteiger partial charge >= 0.3 is 0 Å². The van der Waals surface area contributed by atoms with Gasteiger partial charge in [-0.3, -0.25) is 0 Å². The molecule has 1 aliphatic rings. The first kappa shape index (κ1) is 13.1. The van der Waals surface area contributed by atoms with Crippen LogP contribution in [0.2, 0.25) is 0 Å². The lowest BCUT2D eigenvalue weighted by Crippen LogP contribution is -2.52. The average Bonchev–Trinajstić information content (AvgIpc) is 2.36. The summed E-state index contributed by atoms with van der Waals surface area (Å²) < 4.78 is 1.15. The molecule has 1 aliphatic carbocycles. The number of fused-ring (bicyclic) bond motifs is 1. The third kappa shape index (κ3) is 2.90. The van der Waals surface area contributed by atoms with Gasteiger partial charge in [-0.25, -0.2) is 0 Å². The minimum Gasteiger partial charge on any atom is -0.394 e. The molecule has 0 heterocycles. The van der Waals surface area contributed by atoms with Gasteiger partial charge in [0, 0.05) is 10.0 Å². The van der Waals surface area contributed by atoms with Crippen molar-refractivity contribution in [2.24, 2.45) is 0 Å². The van der Waals surface area contributed by atoms with E-state index >= 15 is 0 Å². The van der Waals surface area contributed by atoms with Crippen LogP contribution in [-0.2, 0) is 12.8 Å². The number of halogens is 1. The molecule has 1 aromatic carbocycles. The maximum Gasteiger partial charge on any atom is 0.0616 e. The number of hydrogen-bond acceptors (Lipinski definition) is 2. The predicted molar refractivity (Wildman–Crippen MR) is 74.3 cm³/mol. The largest absolute Gasteiger partial charge is 0.394 e. The van der Waals surface area contributed by atoms with E-state index in [4.69, 9.17) is 0 Å². The van der Waals surface area contributed by atoms with Crippen LogP contribution < -0.4 is 5.32 Å². The molecular weight excluding hydrogens is 278 g/mol. The first-order valence-corrected chi connectivity index (χ1v) is 7.11. The zero-order valence-corrected chi connectivity index (χ0v) is 11.9. The van der Waals surface area contributed by atoms with Gasteiger partial charge < -0.3 is 10.4 Å². The molecule has 0 amide bonds. The number of rotatable bonds is 4. The average molecular weight is 298 g/mol. The highest BCUT2D eigenvalue weighted by Gasteiger charge is 2.32. The minimum absolute atomic E-state index is 0.100. The molecule has 2 rings (SSSR count). The molecule has 17 heavy (non-hydrogen) atoms. The molecule has 2 N–H and O–H groups in total. The van der Waals surface area contributed by atoms with Crippen molar-refractivity contribution in [3.05, 3.63) is 33.8 Å². The van der Waals surface area contributed by atoms with Crippen LogP contribution in [0.1, 0.15) is 30.9 Å². The van der Waals surface area contributed by atoms with Gasteiger partial charge in [0.25, 0.3) is 0 Å². The van der Waals surface area contributed by atoms with Crippen LogP contribution >= 0.6 is 15.9 Å². The summed E-state index contributed by atoms with van der Waals surface area (Å²) in [5.41, 5.74) is 2.69. The maximum atomic E-state index is 9.68. The first-order chi connectivity index (χ1) is 8.19. The lowest BCUT2D eigenvalue weighted by atomic mass is 9.78. The van der Waals surface area contributed by atoms with Crippen LogP contribution in [-0.4, -0.2) is 23.8 Å². The van der Waals surface area contributed by atoms with E-state index in [-0.39, 0.29) is 12.1 Å². The first-order valence-electron chi connectivity index (χ1n) is 6.32. The molecule has 1 unspecified atom stereocenters. The van der Waals surface area contributed by atoms with E-state index in [1.807, 2.05) is 0 Å². The summed E-state index contributed by atoms with van der Waals surface area (Å²) >= 11 is 3.51. The van der Waals surface area contributed by atoms with E-state index in [2.05, 4.69) is 46.4 Å². The molecule has 0 saturated carbocycles. The van der Waals surface area contributed by atoms with Gasteiger partial charge in [-0.2, -0.15) is 0 Å². The highest BCUT2D eigenvalue weighted by molar-refractivity contribution is 9.10. The summed E-state index contributed by atoms with van der Waals surface area (Å²) in [6.07, 6.45) is 4.11. The molecule has 0 radical (unpaired) electrons. The van der Waals surface area contributed by atoms with E-state index < -0.39 is 0 Å². The fraction of sp³-hybridized carbons (Fsp3) is 0.571. The number of aliphatic hydroxyl groups is 1. The third-order valence-electron chi connectivity index (χ3n) is 3.62. The Morgan fingerprint density at radius 2 is 2.24 bits per heavy atom. The Kier molecular flexibility index (Phi) is 4.23. The van der Waals surface area contributed by atoms with Crippen molar-refractivity contribution in [3.8, 4) is 0 Å². The molecule has 2 nitrogen and oxygen atoms in total. The van der Waals surface area contributed by atoms with Crippen LogP contribution in [0.15, 0.2) is 22.7 Å². The Labute approximate surface area is 112 Å². The Hall–Kier alpha value is -0.380. The summed E-state index contributed by atoms with van der Waals surface area (Å²) in [5, 5.41) is 13.2. The summed E-state index contributed by atoms with van der Waals surface area (Å²) in [4.78, 5) is 0. The second-order valence-electron chi connectivity index (χ2n) is 4.96. The third-order valence-corrected chi connectivity index (χ3v) is 4.12. The zero-order chi connectivity index (χ0) is 12.3. The van der Waals surface area contributed by atoms with Crippen molar-refractivity contribution < 1.29 is 5.11 Å². The second-order valence-corrected chi connectivity index (χ2v) is 5.87. The molecular formula is C14H20BrNO. The minimum atomic E-state index is -0.100. The molecule has 0 aliphatic heterocycles. The Bertz CT molecular complexity index is 394. The normalized spacial score (nSPS) is 23.5. The quantitative estimate of drug-likeness (QED) is 0.896. The van der Waals surface area contributed by atoms with Gasteiger partial charge in [-0.05, 0) is 55.5 Å². The van der Waals surface area contributed by atoms with Crippen LogP contribution in [0.5, 0.6) is 0 Å². The van der Waals surface area contributed by atoms with E-state index in [1.54, 1.807) is 0 Å². The van der Waals surface area contributed by atoms with Crippen molar-refractivity contribution in [2.45, 2.75) is 38.1 Å². The fourth-order valence-corrected chi connectivity index (χ4v) is 2.97. The topological polar surface area (TPSA) is 32.3 Å². The Morgan fingerprint density at radius 1 is 1.41 bits per heavy atom. The lowest BCUT2D eigenvalue weighted by molar-refractivity contribution is 0.145. The van der Waals surface area contributed by atoms with Gasteiger partial charge in [0.05, 0.1) is 6.61 Å². The number of nitrogens with one attached hydrogen (secondary N) is 1. The molecule has 0 fully saturated rings. The predicted octanol–water partition coefficient (Wildman–Crippen LogP) is 2.67. The number of aliphatic hydroxyl groups excluding tert-OH is 1. The van der Waals surface area contributed by atoms with Gasteiger partial charge in [0.2, 0.25) is 0 Å². The smallest absolute Gasteiger partial charge is 0.0616 e. The van der Waals surface area contributed by atoms with Gasteiger partial charge in [-0.1, -0.05) is 28.9 Å².